The number of rotatable bonds is 5. The molecule has 13 heavy (non-hydrogen) atoms. The zero-order valence-corrected chi connectivity index (χ0v) is 7.49. The van der Waals surface area contributed by atoms with Crippen molar-refractivity contribution in [1.82, 2.24) is 0 Å². The van der Waals surface area contributed by atoms with Gasteiger partial charge in [-0.25, -0.2) is 4.79 Å². The number of carboxylic acids is 1. The smallest absolute Gasteiger partial charge is 0.333 e. The predicted octanol–water partition coefficient (Wildman–Crippen LogP) is 0.680. The third kappa shape index (κ3) is 3.57. The van der Waals surface area contributed by atoms with Crippen molar-refractivity contribution in [2.75, 3.05) is 26.4 Å². The van der Waals surface area contributed by atoms with E-state index in [2.05, 4.69) is 6.58 Å². The van der Waals surface area contributed by atoms with Crippen molar-refractivity contribution in [1.29, 1.82) is 0 Å². The van der Waals surface area contributed by atoms with Gasteiger partial charge >= 0.3 is 5.97 Å². The van der Waals surface area contributed by atoms with Crippen molar-refractivity contribution in [3.63, 3.8) is 0 Å². The van der Waals surface area contributed by atoms with E-state index in [-0.39, 0.29) is 12.2 Å². The van der Waals surface area contributed by atoms with Crippen LogP contribution in [-0.4, -0.2) is 37.5 Å². The summed E-state index contributed by atoms with van der Waals surface area (Å²) in [5.74, 6) is -0.579. The molecule has 0 aliphatic carbocycles. The van der Waals surface area contributed by atoms with Crippen LogP contribution < -0.4 is 0 Å². The van der Waals surface area contributed by atoms with Gasteiger partial charge in [0.25, 0.3) is 0 Å². The van der Waals surface area contributed by atoms with E-state index in [1.165, 1.54) is 0 Å². The first-order chi connectivity index (χ1) is 6.20. The number of carbonyl (C=O) groups is 1. The van der Waals surface area contributed by atoms with Crippen molar-refractivity contribution in [3.8, 4) is 0 Å². The molecular formula is C9H14O4. The molecule has 0 saturated carbocycles. The van der Waals surface area contributed by atoms with Gasteiger partial charge in [0.15, 0.2) is 0 Å². The van der Waals surface area contributed by atoms with E-state index < -0.39 is 5.97 Å². The van der Waals surface area contributed by atoms with Gasteiger partial charge in [0, 0.05) is 12.5 Å². The van der Waals surface area contributed by atoms with E-state index in [1.54, 1.807) is 0 Å². The number of hydrogen-bond acceptors (Lipinski definition) is 3. The van der Waals surface area contributed by atoms with Crippen LogP contribution in [0.1, 0.15) is 6.42 Å². The molecule has 0 aromatic carbocycles. The summed E-state index contributed by atoms with van der Waals surface area (Å²) in [5, 5.41) is 8.47. The van der Waals surface area contributed by atoms with Gasteiger partial charge in [-0.15, -0.1) is 0 Å². The van der Waals surface area contributed by atoms with Gasteiger partial charge in [0.2, 0.25) is 0 Å². The molecule has 0 amide bonds. The second-order valence-corrected chi connectivity index (χ2v) is 3.15. The lowest BCUT2D eigenvalue weighted by atomic mass is 10.1. The Balaban J connectivity index is 2.06. The Hall–Kier alpha value is -0.870. The highest BCUT2D eigenvalue weighted by atomic mass is 16.5. The molecule has 4 heteroatoms. The van der Waals surface area contributed by atoms with E-state index in [0.717, 1.165) is 19.6 Å². The fourth-order valence-corrected chi connectivity index (χ4v) is 1.13. The topological polar surface area (TPSA) is 55.8 Å². The molecular weight excluding hydrogens is 172 g/mol. The Morgan fingerprint density at radius 1 is 1.69 bits per heavy atom. The number of hydrogen-bond donors (Lipinski definition) is 1. The highest BCUT2D eigenvalue weighted by Crippen LogP contribution is 2.12. The molecule has 1 heterocycles. The fraction of sp³-hybridized carbons (Fsp3) is 0.667. The van der Waals surface area contributed by atoms with E-state index >= 15 is 0 Å². The second kappa shape index (κ2) is 4.99. The minimum absolute atomic E-state index is 0.0962. The molecule has 1 fully saturated rings. The highest BCUT2D eigenvalue weighted by molar-refractivity contribution is 5.85. The minimum atomic E-state index is -0.998. The standard InChI is InChI=1S/C9H14O4/c1-7(9(10)11)4-13-6-8-2-3-12-5-8/h8H,1-6H2,(H,10,11). The van der Waals surface area contributed by atoms with E-state index in [4.69, 9.17) is 14.6 Å². The summed E-state index contributed by atoms with van der Waals surface area (Å²) < 4.78 is 10.3. The summed E-state index contributed by atoms with van der Waals surface area (Å²) >= 11 is 0. The highest BCUT2D eigenvalue weighted by Gasteiger charge is 2.15. The molecule has 1 rings (SSSR count). The average Bonchev–Trinajstić information content (AvgIpc) is 2.56. The Kier molecular flexibility index (Phi) is 3.92. The molecule has 1 atom stereocenters. The zero-order chi connectivity index (χ0) is 9.68. The lowest BCUT2D eigenvalue weighted by Crippen LogP contribution is -2.13. The van der Waals surface area contributed by atoms with Gasteiger partial charge in [-0.05, 0) is 6.42 Å². The third-order valence-corrected chi connectivity index (χ3v) is 1.96. The number of aliphatic carboxylic acids is 1. The molecule has 0 aromatic heterocycles. The molecule has 1 N–H and O–H groups in total. The van der Waals surface area contributed by atoms with Crippen LogP contribution in [0.3, 0.4) is 0 Å². The first-order valence-corrected chi connectivity index (χ1v) is 4.26. The van der Waals surface area contributed by atoms with E-state index in [1.807, 2.05) is 0 Å². The van der Waals surface area contributed by atoms with Crippen molar-refractivity contribution >= 4 is 5.97 Å². The molecule has 74 valence electrons. The first kappa shape index (κ1) is 10.2. The maximum atomic E-state index is 10.3. The molecule has 1 aliphatic rings. The van der Waals surface area contributed by atoms with Crippen LogP contribution >= 0.6 is 0 Å². The number of carboxylic acid groups (broad SMARTS) is 1. The number of ether oxygens (including phenoxy) is 2. The average molecular weight is 186 g/mol. The fourth-order valence-electron chi connectivity index (χ4n) is 1.13. The van der Waals surface area contributed by atoms with Crippen LogP contribution in [0.2, 0.25) is 0 Å². The Labute approximate surface area is 77.1 Å². The maximum absolute atomic E-state index is 10.3. The van der Waals surface area contributed by atoms with Gasteiger partial charge < -0.3 is 14.6 Å². The van der Waals surface area contributed by atoms with Crippen molar-refractivity contribution in [2.45, 2.75) is 6.42 Å². The van der Waals surface area contributed by atoms with Crippen LogP contribution in [0.4, 0.5) is 0 Å². The first-order valence-electron chi connectivity index (χ1n) is 4.26. The molecule has 0 radical (unpaired) electrons. The molecule has 0 spiro atoms. The monoisotopic (exact) mass is 186 g/mol. The zero-order valence-electron chi connectivity index (χ0n) is 7.49. The Morgan fingerprint density at radius 2 is 2.46 bits per heavy atom. The van der Waals surface area contributed by atoms with Crippen LogP contribution in [0.15, 0.2) is 12.2 Å². The molecule has 4 nitrogen and oxygen atoms in total. The lowest BCUT2D eigenvalue weighted by Gasteiger charge is -2.07. The normalized spacial score (nSPS) is 21.7. The molecule has 1 aliphatic heterocycles. The summed E-state index contributed by atoms with van der Waals surface area (Å²) in [7, 11) is 0. The summed E-state index contributed by atoms with van der Waals surface area (Å²) in [4.78, 5) is 10.3. The van der Waals surface area contributed by atoms with Crippen molar-refractivity contribution in [3.05, 3.63) is 12.2 Å². The van der Waals surface area contributed by atoms with Gasteiger partial charge in [-0.1, -0.05) is 6.58 Å². The Morgan fingerprint density at radius 3 is 3.00 bits per heavy atom. The van der Waals surface area contributed by atoms with Crippen molar-refractivity contribution < 1.29 is 19.4 Å². The van der Waals surface area contributed by atoms with Gasteiger partial charge in [0.1, 0.15) is 0 Å². The molecule has 0 bridgehead atoms. The molecule has 0 aromatic rings. The lowest BCUT2D eigenvalue weighted by molar-refractivity contribution is -0.133. The molecule has 1 saturated heterocycles. The maximum Gasteiger partial charge on any atom is 0.333 e. The van der Waals surface area contributed by atoms with Crippen LogP contribution in [-0.2, 0) is 14.3 Å². The Bertz CT molecular complexity index is 194. The molecule has 1 unspecified atom stereocenters. The minimum Gasteiger partial charge on any atom is -0.478 e. The SMILES string of the molecule is C=C(COCC1CCOC1)C(=O)O. The quantitative estimate of drug-likeness (QED) is 0.641. The third-order valence-electron chi connectivity index (χ3n) is 1.96. The summed E-state index contributed by atoms with van der Waals surface area (Å²) in [5.41, 5.74) is 0.0962. The second-order valence-electron chi connectivity index (χ2n) is 3.15. The van der Waals surface area contributed by atoms with Crippen LogP contribution in [0, 0.1) is 5.92 Å². The van der Waals surface area contributed by atoms with Gasteiger partial charge in [-0.3, -0.25) is 0 Å². The largest absolute Gasteiger partial charge is 0.478 e. The van der Waals surface area contributed by atoms with E-state index in [0.29, 0.717) is 12.5 Å². The summed E-state index contributed by atoms with van der Waals surface area (Å²) in [6.07, 6.45) is 1.000. The van der Waals surface area contributed by atoms with Crippen LogP contribution in [0.25, 0.3) is 0 Å². The van der Waals surface area contributed by atoms with Gasteiger partial charge in [-0.2, -0.15) is 0 Å². The van der Waals surface area contributed by atoms with E-state index in [9.17, 15) is 4.79 Å². The van der Waals surface area contributed by atoms with Crippen molar-refractivity contribution in [2.24, 2.45) is 5.92 Å². The summed E-state index contributed by atoms with van der Waals surface area (Å²) in [6, 6.07) is 0. The van der Waals surface area contributed by atoms with Crippen LogP contribution in [0.5, 0.6) is 0 Å². The van der Waals surface area contributed by atoms with Gasteiger partial charge in [0.05, 0.1) is 25.4 Å². The summed E-state index contributed by atoms with van der Waals surface area (Å²) in [6.45, 7) is 5.53. The predicted molar refractivity (Wildman–Crippen MR) is 46.5 cm³/mol.